The molecule has 1 aromatic carbocycles. The molecular weight excluding hydrogens is 318 g/mol. The van der Waals surface area contributed by atoms with Crippen LogP contribution in [0.15, 0.2) is 29.3 Å². The Morgan fingerprint density at radius 1 is 1.39 bits per heavy atom. The van der Waals surface area contributed by atoms with Crippen LogP contribution >= 0.6 is 11.3 Å². The summed E-state index contributed by atoms with van der Waals surface area (Å²) in [4.78, 5) is 16.0. The summed E-state index contributed by atoms with van der Waals surface area (Å²) in [6.07, 6.45) is 2.92. The van der Waals surface area contributed by atoms with Crippen molar-refractivity contribution in [1.29, 1.82) is 5.26 Å². The number of phenolic OH excluding ortho intramolecular Hbond substituents is 1. The average Bonchev–Trinajstić information content (AvgIpc) is 3.06. The van der Waals surface area contributed by atoms with Crippen LogP contribution in [0.3, 0.4) is 0 Å². The first-order chi connectivity index (χ1) is 11.1. The number of nitrogens with zero attached hydrogens (tertiary/aromatic N) is 2. The number of benzene rings is 1. The fourth-order valence-corrected chi connectivity index (χ4v) is 2.29. The van der Waals surface area contributed by atoms with E-state index >= 15 is 0 Å². The number of ether oxygens (including phenoxy) is 2. The number of carbonyl (C=O) groups excluding carboxylic acids is 1. The zero-order valence-electron chi connectivity index (χ0n) is 12.4. The maximum Gasteiger partial charge on any atom is 0.268 e. The number of aromatic hydroxyl groups is 1. The van der Waals surface area contributed by atoms with Crippen molar-refractivity contribution in [3.63, 3.8) is 0 Å². The number of nitrogens with one attached hydrogen (secondary N) is 1. The third-order valence-electron chi connectivity index (χ3n) is 2.83. The van der Waals surface area contributed by atoms with E-state index in [2.05, 4.69) is 10.3 Å². The van der Waals surface area contributed by atoms with Gasteiger partial charge in [0, 0.05) is 11.6 Å². The molecular formula is C15H13N3O4S. The van der Waals surface area contributed by atoms with Crippen LogP contribution in [0.1, 0.15) is 5.56 Å². The van der Waals surface area contributed by atoms with Crippen LogP contribution in [-0.2, 0) is 4.79 Å². The fourth-order valence-electron chi connectivity index (χ4n) is 1.76. The minimum absolute atomic E-state index is 0.116. The van der Waals surface area contributed by atoms with Crippen molar-refractivity contribution in [2.75, 3.05) is 19.5 Å². The van der Waals surface area contributed by atoms with Crippen molar-refractivity contribution < 1.29 is 19.4 Å². The molecule has 118 valence electrons. The van der Waals surface area contributed by atoms with Crippen LogP contribution in [0.5, 0.6) is 17.2 Å². The number of methoxy groups -OCH3 is 2. The maximum absolute atomic E-state index is 12.1. The second-order valence-electron chi connectivity index (χ2n) is 4.24. The van der Waals surface area contributed by atoms with Gasteiger partial charge >= 0.3 is 0 Å². The Bertz CT molecular complexity index is 754. The minimum Gasteiger partial charge on any atom is -0.502 e. The van der Waals surface area contributed by atoms with Crippen molar-refractivity contribution >= 4 is 28.5 Å². The largest absolute Gasteiger partial charge is 0.502 e. The summed E-state index contributed by atoms with van der Waals surface area (Å²) < 4.78 is 10.1. The van der Waals surface area contributed by atoms with E-state index in [1.165, 1.54) is 43.8 Å². The molecule has 1 heterocycles. The van der Waals surface area contributed by atoms with Gasteiger partial charge in [-0.3, -0.25) is 10.1 Å². The number of hydrogen-bond acceptors (Lipinski definition) is 7. The van der Waals surface area contributed by atoms with Gasteiger partial charge < -0.3 is 14.6 Å². The first-order valence-electron chi connectivity index (χ1n) is 6.36. The number of aromatic nitrogens is 1. The summed E-state index contributed by atoms with van der Waals surface area (Å²) in [7, 11) is 2.78. The molecule has 0 aliphatic heterocycles. The molecule has 0 atom stereocenters. The Kier molecular flexibility index (Phi) is 5.17. The Morgan fingerprint density at radius 2 is 2.04 bits per heavy atom. The van der Waals surface area contributed by atoms with Gasteiger partial charge in [-0.2, -0.15) is 5.26 Å². The molecule has 0 fully saturated rings. The number of amides is 1. The van der Waals surface area contributed by atoms with Gasteiger partial charge in [0.05, 0.1) is 14.2 Å². The first kappa shape index (κ1) is 16.3. The van der Waals surface area contributed by atoms with Crippen molar-refractivity contribution in [3.05, 3.63) is 34.8 Å². The molecule has 0 aliphatic rings. The van der Waals surface area contributed by atoms with E-state index in [1.807, 2.05) is 6.07 Å². The predicted octanol–water partition coefficient (Wildman–Crippen LogP) is 2.41. The fraction of sp³-hybridized carbons (Fsp3) is 0.133. The molecule has 1 aromatic heterocycles. The van der Waals surface area contributed by atoms with Gasteiger partial charge in [-0.25, -0.2) is 4.98 Å². The molecule has 8 heteroatoms. The predicted molar refractivity (Wildman–Crippen MR) is 85.5 cm³/mol. The highest BCUT2D eigenvalue weighted by atomic mass is 32.1. The quantitative estimate of drug-likeness (QED) is 0.644. The monoisotopic (exact) mass is 331 g/mol. The zero-order valence-corrected chi connectivity index (χ0v) is 13.2. The summed E-state index contributed by atoms with van der Waals surface area (Å²) in [6.45, 7) is 0. The molecule has 2 rings (SSSR count). The van der Waals surface area contributed by atoms with Crippen LogP contribution < -0.4 is 14.8 Å². The van der Waals surface area contributed by atoms with Gasteiger partial charge in [0.25, 0.3) is 5.91 Å². The lowest BCUT2D eigenvalue weighted by Crippen LogP contribution is -2.13. The highest BCUT2D eigenvalue weighted by Gasteiger charge is 2.14. The number of carbonyl (C=O) groups is 1. The van der Waals surface area contributed by atoms with Gasteiger partial charge in [-0.1, -0.05) is 0 Å². The summed E-state index contributed by atoms with van der Waals surface area (Å²) in [5, 5.41) is 23.7. The van der Waals surface area contributed by atoms with Gasteiger partial charge in [0.1, 0.15) is 11.6 Å². The van der Waals surface area contributed by atoms with Crippen LogP contribution in [0, 0.1) is 11.3 Å². The van der Waals surface area contributed by atoms with E-state index in [4.69, 9.17) is 9.47 Å². The molecule has 7 nitrogen and oxygen atoms in total. The molecule has 0 spiro atoms. The highest BCUT2D eigenvalue weighted by Crippen LogP contribution is 2.37. The average molecular weight is 331 g/mol. The van der Waals surface area contributed by atoms with Crippen molar-refractivity contribution in [3.8, 4) is 23.3 Å². The Morgan fingerprint density at radius 3 is 2.52 bits per heavy atom. The SMILES string of the molecule is COc1cc(C=C(C#N)C(=O)Nc2nccs2)cc(OC)c1O. The highest BCUT2D eigenvalue weighted by molar-refractivity contribution is 7.13. The molecule has 0 saturated heterocycles. The van der Waals surface area contributed by atoms with Gasteiger partial charge in [-0.15, -0.1) is 11.3 Å². The number of hydrogen-bond donors (Lipinski definition) is 2. The molecule has 23 heavy (non-hydrogen) atoms. The standard InChI is InChI=1S/C15H13N3O4S/c1-21-11-6-9(7-12(22-2)13(11)19)5-10(8-16)14(20)18-15-17-3-4-23-15/h3-7,19H,1-2H3,(H,17,18,20). The van der Waals surface area contributed by atoms with E-state index in [0.29, 0.717) is 10.7 Å². The molecule has 0 bridgehead atoms. The third kappa shape index (κ3) is 3.78. The smallest absolute Gasteiger partial charge is 0.268 e. The molecule has 0 saturated carbocycles. The summed E-state index contributed by atoms with van der Waals surface area (Å²) in [6, 6.07) is 4.82. The van der Waals surface area contributed by atoms with Gasteiger partial charge in [-0.05, 0) is 23.8 Å². The van der Waals surface area contributed by atoms with Crippen LogP contribution in [0.2, 0.25) is 0 Å². The number of nitriles is 1. The normalized spacial score (nSPS) is 10.7. The van der Waals surface area contributed by atoms with E-state index in [0.717, 1.165) is 0 Å². The Labute approximate surface area is 136 Å². The Balaban J connectivity index is 2.34. The molecule has 1 amide bonds. The molecule has 2 aromatic rings. The first-order valence-corrected chi connectivity index (χ1v) is 7.24. The van der Waals surface area contributed by atoms with E-state index in [9.17, 15) is 15.2 Å². The maximum atomic E-state index is 12.1. The molecule has 0 radical (unpaired) electrons. The van der Waals surface area contributed by atoms with Crippen LogP contribution in [-0.4, -0.2) is 30.2 Å². The van der Waals surface area contributed by atoms with Gasteiger partial charge in [0.15, 0.2) is 16.6 Å². The summed E-state index contributed by atoms with van der Waals surface area (Å²) in [5.74, 6) is -0.382. The van der Waals surface area contributed by atoms with Crippen molar-refractivity contribution in [1.82, 2.24) is 4.98 Å². The minimum atomic E-state index is -0.576. The van der Waals surface area contributed by atoms with Crippen LogP contribution in [0.25, 0.3) is 6.08 Å². The second-order valence-corrected chi connectivity index (χ2v) is 5.13. The second kappa shape index (κ2) is 7.29. The Hall–Kier alpha value is -3.05. The lowest BCUT2D eigenvalue weighted by Gasteiger charge is -2.09. The zero-order chi connectivity index (χ0) is 16.8. The van der Waals surface area contributed by atoms with E-state index in [-0.39, 0.29) is 22.8 Å². The number of anilines is 1. The van der Waals surface area contributed by atoms with Crippen molar-refractivity contribution in [2.24, 2.45) is 0 Å². The topological polar surface area (TPSA) is 104 Å². The molecule has 2 N–H and O–H groups in total. The lowest BCUT2D eigenvalue weighted by atomic mass is 10.1. The summed E-state index contributed by atoms with van der Waals surface area (Å²) in [5.41, 5.74) is 0.359. The molecule has 0 aliphatic carbocycles. The van der Waals surface area contributed by atoms with E-state index < -0.39 is 5.91 Å². The number of phenols is 1. The van der Waals surface area contributed by atoms with Crippen molar-refractivity contribution in [2.45, 2.75) is 0 Å². The third-order valence-corrected chi connectivity index (χ3v) is 3.52. The van der Waals surface area contributed by atoms with Crippen LogP contribution in [0.4, 0.5) is 5.13 Å². The summed E-state index contributed by atoms with van der Waals surface area (Å²) >= 11 is 1.25. The molecule has 0 unspecified atom stereocenters. The van der Waals surface area contributed by atoms with E-state index in [1.54, 1.807) is 11.6 Å². The number of rotatable bonds is 5. The number of thiazole rings is 1. The van der Waals surface area contributed by atoms with Gasteiger partial charge in [0.2, 0.25) is 5.75 Å². The lowest BCUT2D eigenvalue weighted by molar-refractivity contribution is -0.112.